The molecule has 0 aliphatic heterocycles. The zero-order chi connectivity index (χ0) is 12.5. The van der Waals surface area contributed by atoms with Crippen molar-refractivity contribution < 1.29 is 4.52 Å². The van der Waals surface area contributed by atoms with Crippen LogP contribution < -0.4 is 5.32 Å². The maximum atomic E-state index is 6.04. The summed E-state index contributed by atoms with van der Waals surface area (Å²) in [5.74, 6) is 1.90. The Morgan fingerprint density at radius 3 is 3.17 bits per heavy atom. The molecule has 8 heteroatoms. The Morgan fingerprint density at radius 1 is 1.50 bits per heavy atom. The first-order valence-electron chi connectivity index (χ1n) is 5.25. The Hall–Kier alpha value is -2.15. The highest BCUT2D eigenvalue weighted by atomic mass is 35.5. The highest BCUT2D eigenvalue weighted by Gasteiger charge is 2.12. The fourth-order valence-corrected chi connectivity index (χ4v) is 1.77. The minimum Gasteiger partial charge on any atom is -0.362 e. The van der Waals surface area contributed by atoms with E-state index in [1.54, 1.807) is 16.8 Å². The summed E-state index contributed by atoms with van der Waals surface area (Å²) >= 11 is 6.04. The molecule has 7 nitrogen and oxygen atoms in total. The fraction of sp³-hybridized carbons (Fsp3) is 0.200. The zero-order valence-electron chi connectivity index (χ0n) is 9.46. The number of nitrogens with zero attached hydrogens (tertiary/aromatic N) is 5. The second kappa shape index (κ2) is 4.26. The quantitative estimate of drug-likeness (QED) is 0.725. The van der Waals surface area contributed by atoms with E-state index in [0.717, 1.165) is 17.1 Å². The van der Waals surface area contributed by atoms with Crippen LogP contribution in [0, 0.1) is 6.92 Å². The summed E-state index contributed by atoms with van der Waals surface area (Å²) in [6, 6.07) is 1.78. The van der Waals surface area contributed by atoms with Crippen molar-refractivity contribution in [2.24, 2.45) is 0 Å². The molecule has 0 spiro atoms. The van der Waals surface area contributed by atoms with E-state index >= 15 is 0 Å². The van der Waals surface area contributed by atoms with Crippen molar-refractivity contribution in [3.05, 3.63) is 35.1 Å². The van der Waals surface area contributed by atoms with Gasteiger partial charge in [-0.25, -0.2) is 0 Å². The van der Waals surface area contributed by atoms with Crippen LogP contribution in [0.1, 0.15) is 11.3 Å². The lowest BCUT2D eigenvalue weighted by Crippen LogP contribution is -2.08. The van der Waals surface area contributed by atoms with Gasteiger partial charge in [0, 0.05) is 11.6 Å². The summed E-state index contributed by atoms with van der Waals surface area (Å²) in [6.07, 6.45) is 3.02. The summed E-state index contributed by atoms with van der Waals surface area (Å²) < 4.78 is 6.61. The molecule has 0 fully saturated rings. The second-order valence-corrected chi connectivity index (χ2v) is 4.04. The molecule has 0 unspecified atom stereocenters. The van der Waals surface area contributed by atoms with Gasteiger partial charge in [0.1, 0.15) is 17.3 Å². The minimum atomic E-state index is 0.399. The van der Waals surface area contributed by atoms with Gasteiger partial charge in [0.25, 0.3) is 5.78 Å². The number of anilines is 1. The molecule has 0 aliphatic rings. The number of nitrogens with one attached hydrogen (secondary N) is 1. The molecule has 0 saturated heterocycles. The fourth-order valence-electron chi connectivity index (χ4n) is 1.61. The third kappa shape index (κ3) is 1.78. The molecule has 1 N–H and O–H groups in total. The third-order valence-corrected chi connectivity index (χ3v) is 2.89. The summed E-state index contributed by atoms with van der Waals surface area (Å²) in [7, 11) is 0. The minimum absolute atomic E-state index is 0.399. The SMILES string of the molecule is Cc1c(Cl)nc2ncnn2c1NCc1ccno1. The van der Waals surface area contributed by atoms with Crippen molar-refractivity contribution in [1.82, 2.24) is 24.7 Å². The largest absolute Gasteiger partial charge is 0.362 e. The lowest BCUT2D eigenvalue weighted by molar-refractivity contribution is 0.388. The lowest BCUT2D eigenvalue weighted by atomic mass is 10.3. The van der Waals surface area contributed by atoms with E-state index in [2.05, 4.69) is 25.5 Å². The van der Waals surface area contributed by atoms with Crippen molar-refractivity contribution in [3.63, 3.8) is 0 Å². The maximum Gasteiger partial charge on any atom is 0.255 e. The van der Waals surface area contributed by atoms with Gasteiger partial charge in [0.2, 0.25) is 0 Å². The monoisotopic (exact) mass is 264 g/mol. The number of aromatic nitrogens is 5. The molecule has 3 aromatic rings. The van der Waals surface area contributed by atoms with E-state index in [1.165, 1.54) is 6.33 Å². The number of rotatable bonds is 3. The molecule has 3 rings (SSSR count). The first-order valence-corrected chi connectivity index (χ1v) is 5.63. The molecule has 3 aromatic heterocycles. The Kier molecular flexibility index (Phi) is 2.60. The molecule has 3 heterocycles. The van der Waals surface area contributed by atoms with Crippen molar-refractivity contribution in [2.75, 3.05) is 5.32 Å². The van der Waals surface area contributed by atoms with Gasteiger partial charge in [-0.2, -0.15) is 19.6 Å². The molecule has 0 bridgehead atoms. The van der Waals surface area contributed by atoms with Crippen molar-refractivity contribution in [3.8, 4) is 0 Å². The van der Waals surface area contributed by atoms with Crippen LogP contribution in [0.3, 0.4) is 0 Å². The third-order valence-electron chi connectivity index (χ3n) is 2.53. The van der Waals surface area contributed by atoms with E-state index in [0.29, 0.717) is 17.5 Å². The second-order valence-electron chi connectivity index (χ2n) is 3.68. The van der Waals surface area contributed by atoms with Gasteiger partial charge < -0.3 is 9.84 Å². The standard InChI is InChI=1S/C10H9ClN6O/c1-6-8(11)16-10-13-5-14-17(10)9(6)12-4-7-2-3-15-18-7/h2-3,5,12H,4H2,1H3. The summed E-state index contributed by atoms with van der Waals surface area (Å²) in [6.45, 7) is 2.34. The molecule has 92 valence electrons. The van der Waals surface area contributed by atoms with Crippen LogP contribution in [0.5, 0.6) is 0 Å². The Labute approximate surface area is 107 Å². The molecule has 0 aliphatic carbocycles. The van der Waals surface area contributed by atoms with Gasteiger partial charge in [0.15, 0.2) is 5.76 Å². The first kappa shape index (κ1) is 11.0. The lowest BCUT2D eigenvalue weighted by Gasteiger charge is -2.10. The normalized spacial score (nSPS) is 11.0. The molecular formula is C10H9ClN6O. The summed E-state index contributed by atoms with van der Waals surface area (Å²) in [4.78, 5) is 8.13. The van der Waals surface area contributed by atoms with E-state index in [-0.39, 0.29) is 0 Å². The van der Waals surface area contributed by atoms with E-state index in [4.69, 9.17) is 16.1 Å². The van der Waals surface area contributed by atoms with Gasteiger partial charge in [-0.05, 0) is 6.92 Å². The molecule has 0 aromatic carbocycles. The van der Waals surface area contributed by atoms with Crippen LogP contribution in [0.2, 0.25) is 5.15 Å². The van der Waals surface area contributed by atoms with E-state index in [9.17, 15) is 0 Å². The van der Waals surface area contributed by atoms with Crippen molar-refractivity contribution in [2.45, 2.75) is 13.5 Å². The summed E-state index contributed by atoms with van der Waals surface area (Å²) in [5, 5.41) is 11.3. The number of hydrogen-bond acceptors (Lipinski definition) is 6. The van der Waals surface area contributed by atoms with Crippen LogP contribution in [0.25, 0.3) is 5.78 Å². The predicted molar refractivity (Wildman–Crippen MR) is 64.4 cm³/mol. The average molecular weight is 265 g/mol. The van der Waals surface area contributed by atoms with E-state index < -0.39 is 0 Å². The maximum absolute atomic E-state index is 6.04. The predicted octanol–water partition coefficient (Wildman–Crippen LogP) is 1.69. The van der Waals surface area contributed by atoms with E-state index in [1.807, 2.05) is 6.92 Å². The van der Waals surface area contributed by atoms with Crippen molar-refractivity contribution >= 4 is 23.2 Å². The molecule has 0 saturated carbocycles. The van der Waals surface area contributed by atoms with Crippen LogP contribution in [-0.2, 0) is 6.54 Å². The van der Waals surface area contributed by atoms with Gasteiger partial charge >= 0.3 is 0 Å². The van der Waals surface area contributed by atoms with Gasteiger partial charge in [0.05, 0.1) is 12.7 Å². The van der Waals surface area contributed by atoms with Crippen molar-refractivity contribution in [1.29, 1.82) is 0 Å². The first-order chi connectivity index (χ1) is 8.75. The van der Waals surface area contributed by atoms with Crippen LogP contribution in [0.15, 0.2) is 23.1 Å². The average Bonchev–Trinajstić information content (AvgIpc) is 3.00. The Balaban J connectivity index is 1.99. The topological polar surface area (TPSA) is 81.1 Å². The highest BCUT2D eigenvalue weighted by Crippen LogP contribution is 2.22. The molecule has 18 heavy (non-hydrogen) atoms. The molecule has 0 radical (unpaired) electrons. The Bertz CT molecular complexity index is 677. The molecule has 0 amide bonds. The Morgan fingerprint density at radius 2 is 2.39 bits per heavy atom. The van der Waals surface area contributed by atoms with Crippen LogP contribution in [0.4, 0.5) is 5.82 Å². The van der Waals surface area contributed by atoms with Crippen LogP contribution >= 0.6 is 11.6 Å². The van der Waals surface area contributed by atoms with Gasteiger partial charge in [-0.3, -0.25) is 0 Å². The number of halogens is 1. The molecular weight excluding hydrogens is 256 g/mol. The highest BCUT2D eigenvalue weighted by molar-refractivity contribution is 6.30. The van der Waals surface area contributed by atoms with Gasteiger partial charge in [-0.1, -0.05) is 16.8 Å². The smallest absolute Gasteiger partial charge is 0.255 e. The number of hydrogen-bond donors (Lipinski definition) is 1. The zero-order valence-corrected chi connectivity index (χ0v) is 10.2. The summed E-state index contributed by atoms with van der Waals surface area (Å²) in [5.41, 5.74) is 0.800. The number of fused-ring (bicyclic) bond motifs is 1. The van der Waals surface area contributed by atoms with Crippen LogP contribution in [-0.4, -0.2) is 24.7 Å². The van der Waals surface area contributed by atoms with Gasteiger partial charge in [-0.15, -0.1) is 0 Å². The molecule has 0 atom stereocenters.